The van der Waals surface area contributed by atoms with E-state index in [1.165, 1.54) is 0 Å². The Balaban J connectivity index is 2.87. The molecular weight excluding hydrogens is 154 g/mol. The van der Waals surface area contributed by atoms with Crippen LogP contribution in [0.15, 0.2) is 0 Å². The second-order valence-electron chi connectivity index (χ2n) is 1.64. The maximum Gasteiger partial charge on any atom is 0.303 e. The molecule has 0 bridgehead atoms. The Labute approximate surface area is 50.7 Å². The lowest BCUT2D eigenvalue weighted by molar-refractivity contribution is 0.206. The first-order valence-corrected chi connectivity index (χ1v) is 3.67. The van der Waals surface area contributed by atoms with Crippen LogP contribution >= 0.6 is 0 Å². The topological polar surface area (TPSA) is 43.4 Å². The molecule has 1 heterocycles. The molecule has 2 unspecified atom stereocenters. The lowest BCUT2D eigenvalue weighted by Gasteiger charge is -1.94. The summed E-state index contributed by atoms with van der Waals surface area (Å²) in [6.45, 7) is -0.691. The number of rotatable bonds is 0. The maximum absolute atomic E-state index is 12.0. The minimum atomic E-state index is -4.22. The maximum atomic E-state index is 12.0. The second kappa shape index (κ2) is 1.88. The van der Waals surface area contributed by atoms with Crippen LogP contribution in [0.2, 0.25) is 0 Å². The zero-order valence-electron chi connectivity index (χ0n) is 4.25. The van der Waals surface area contributed by atoms with Gasteiger partial charge in [-0.05, 0) is 0 Å². The van der Waals surface area contributed by atoms with Crippen LogP contribution in [0.3, 0.4) is 0 Å². The quantitative estimate of drug-likeness (QED) is 0.465. The number of halogens is 2. The Hall–Kier alpha value is -0.230. The van der Waals surface area contributed by atoms with E-state index in [4.69, 9.17) is 0 Å². The van der Waals surface area contributed by atoms with Crippen LogP contribution in [-0.2, 0) is 14.3 Å². The molecule has 3 nitrogen and oxygen atoms in total. The van der Waals surface area contributed by atoms with E-state index in [9.17, 15) is 17.2 Å². The van der Waals surface area contributed by atoms with Crippen LogP contribution in [0.5, 0.6) is 0 Å². The van der Waals surface area contributed by atoms with Gasteiger partial charge in [0.2, 0.25) is 0 Å². The van der Waals surface area contributed by atoms with Crippen molar-refractivity contribution >= 4 is 10.1 Å². The fourth-order valence-electron chi connectivity index (χ4n) is 0.481. The molecule has 0 N–H and O–H groups in total. The molecule has 1 aliphatic rings. The predicted molar refractivity (Wildman–Crippen MR) is 24.7 cm³/mol. The number of hydrogen-bond acceptors (Lipinski definition) is 3. The van der Waals surface area contributed by atoms with Gasteiger partial charge < -0.3 is 0 Å². The molecule has 6 heteroatoms. The molecule has 0 aromatic carbocycles. The fraction of sp³-hybridized carbons (Fsp3) is 1.00. The normalized spacial score (nSPS) is 41.1. The minimum absolute atomic E-state index is 0.691. The van der Waals surface area contributed by atoms with E-state index in [2.05, 4.69) is 4.18 Å². The van der Waals surface area contributed by atoms with Crippen molar-refractivity contribution in [2.45, 2.75) is 11.7 Å². The van der Waals surface area contributed by atoms with Gasteiger partial charge in [0.15, 0.2) is 6.17 Å². The first-order chi connectivity index (χ1) is 4.04. The van der Waals surface area contributed by atoms with Crippen LogP contribution in [0, 0.1) is 0 Å². The first-order valence-electron chi connectivity index (χ1n) is 2.20. The monoisotopic (exact) mass is 158 g/mol. The molecule has 0 aromatic rings. The minimum Gasteiger partial charge on any atom is -0.265 e. The van der Waals surface area contributed by atoms with Crippen molar-refractivity contribution in [3.05, 3.63) is 0 Å². The Bertz CT molecular complexity index is 199. The molecule has 1 rings (SSSR count). The van der Waals surface area contributed by atoms with Crippen molar-refractivity contribution in [2.75, 3.05) is 6.61 Å². The standard InChI is InChI=1S/C3H4F2O3S/c4-2-1-8-9(6,7)3(2)5/h2-3H,1H2. The summed E-state index contributed by atoms with van der Waals surface area (Å²) in [4.78, 5) is 0. The van der Waals surface area contributed by atoms with Gasteiger partial charge in [-0.15, -0.1) is 0 Å². The van der Waals surface area contributed by atoms with Gasteiger partial charge >= 0.3 is 10.1 Å². The summed E-state index contributed by atoms with van der Waals surface area (Å²) in [5.41, 5.74) is -2.49. The van der Waals surface area contributed by atoms with Crippen LogP contribution in [0.4, 0.5) is 8.78 Å². The Morgan fingerprint density at radius 2 is 2.00 bits per heavy atom. The van der Waals surface area contributed by atoms with Crippen molar-refractivity contribution in [3.63, 3.8) is 0 Å². The van der Waals surface area contributed by atoms with E-state index in [1.807, 2.05) is 0 Å². The smallest absolute Gasteiger partial charge is 0.265 e. The molecule has 54 valence electrons. The van der Waals surface area contributed by atoms with Gasteiger partial charge in [0.1, 0.15) is 6.61 Å². The van der Waals surface area contributed by atoms with Gasteiger partial charge in [-0.25, -0.2) is 8.78 Å². The lowest BCUT2D eigenvalue weighted by atomic mass is 10.5. The molecule has 0 saturated carbocycles. The van der Waals surface area contributed by atoms with Crippen molar-refractivity contribution in [1.29, 1.82) is 0 Å². The second-order valence-corrected chi connectivity index (χ2v) is 3.32. The van der Waals surface area contributed by atoms with Crippen LogP contribution in [0.1, 0.15) is 0 Å². The molecule has 0 aliphatic carbocycles. The van der Waals surface area contributed by atoms with E-state index < -0.39 is 28.4 Å². The summed E-state index contributed by atoms with van der Waals surface area (Å²) in [7, 11) is -4.22. The highest BCUT2D eigenvalue weighted by atomic mass is 32.2. The summed E-state index contributed by atoms with van der Waals surface area (Å²) in [5.74, 6) is 0. The SMILES string of the molecule is O=S1(=O)OCC(F)C1F. The average Bonchev–Trinajstić information content (AvgIpc) is 1.97. The van der Waals surface area contributed by atoms with E-state index in [0.29, 0.717) is 0 Å². The van der Waals surface area contributed by atoms with E-state index >= 15 is 0 Å². The van der Waals surface area contributed by atoms with E-state index in [1.54, 1.807) is 0 Å². The van der Waals surface area contributed by atoms with Crippen molar-refractivity contribution in [1.82, 2.24) is 0 Å². The van der Waals surface area contributed by atoms with Gasteiger partial charge in [-0.1, -0.05) is 0 Å². The Morgan fingerprint density at radius 3 is 2.11 bits per heavy atom. The first kappa shape index (κ1) is 6.88. The molecule has 0 amide bonds. The highest BCUT2D eigenvalue weighted by Gasteiger charge is 2.42. The van der Waals surface area contributed by atoms with Crippen LogP contribution in [0.25, 0.3) is 0 Å². The van der Waals surface area contributed by atoms with Gasteiger partial charge in [-0.3, -0.25) is 4.18 Å². The summed E-state index contributed by atoms with van der Waals surface area (Å²) < 4.78 is 48.0. The highest BCUT2D eigenvalue weighted by molar-refractivity contribution is 7.87. The number of hydrogen-bond donors (Lipinski definition) is 0. The molecule has 0 spiro atoms. The van der Waals surface area contributed by atoms with Crippen LogP contribution in [-0.4, -0.2) is 26.7 Å². The van der Waals surface area contributed by atoms with E-state index in [-0.39, 0.29) is 0 Å². The molecule has 0 radical (unpaired) electrons. The van der Waals surface area contributed by atoms with Gasteiger partial charge in [0.05, 0.1) is 0 Å². The molecular formula is C3H4F2O3S. The molecule has 1 aliphatic heterocycles. The Kier molecular flexibility index (Phi) is 1.44. The predicted octanol–water partition coefficient (Wildman–Crippen LogP) is -0.0199. The van der Waals surface area contributed by atoms with Gasteiger partial charge in [0, 0.05) is 0 Å². The summed E-state index contributed by atoms with van der Waals surface area (Å²) in [6, 6.07) is 0. The summed E-state index contributed by atoms with van der Waals surface area (Å²) in [6.07, 6.45) is -2.02. The van der Waals surface area contributed by atoms with Gasteiger partial charge in [-0.2, -0.15) is 8.42 Å². The third-order valence-corrected chi connectivity index (χ3v) is 2.26. The zero-order valence-corrected chi connectivity index (χ0v) is 5.07. The van der Waals surface area contributed by atoms with E-state index in [0.717, 1.165) is 0 Å². The number of alkyl halides is 2. The third-order valence-electron chi connectivity index (χ3n) is 0.952. The zero-order chi connectivity index (χ0) is 7.07. The Morgan fingerprint density at radius 1 is 1.44 bits per heavy atom. The summed E-state index contributed by atoms with van der Waals surface area (Å²) >= 11 is 0. The average molecular weight is 158 g/mol. The largest absolute Gasteiger partial charge is 0.303 e. The van der Waals surface area contributed by atoms with Crippen molar-refractivity contribution in [3.8, 4) is 0 Å². The fourth-order valence-corrected chi connectivity index (χ4v) is 1.37. The molecule has 9 heavy (non-hydrogen) atoms. The van der Waals surface area contributed by atoms with Crippen molar-refractivity contribution in [2.24, 2.45) is 0 Å². The summed E-state index contributed by atoms with van der Waals surface area (Å²) in [5, 5.41) is 0. The van der Waals surface area contributed by atoms with Crippen LogP contribution < -0.4 is 0 Å². The van der Waals surface area contributed by atoms with Crippen molar-refractivity contribution < 1.29 is 21.4 Å². The molecule has 2 atom stereocenters. The molecule has 1 saturated heterocycles. The van der Waals surface area contributed by atoms with Gasteiger partial charge in [0.25, 0.3) is 5.50 Å². The molecule has 0 aromatic heterocycles. The third kappa shape index (κ3) is 1.04. The molecule has 1 fully saturated rings. The lowest BCUT2D eigenvalue weighted by Crippen LogP contribution is -2.17. The highest BCUT2D eigenvalue weighted by Crippen LogP contribution is 2.21.